The Balaban J connectivity index is 2.44. The highest BCUT2D eigenvalue weighted by Crippen LogP contribution is 2.28. The van der Waals surface area contributed by atoms with E-state index in [1.54, 1.807) is 10.8 Å². The van der Waals surface area contributed by atoms with Crippen molar-refractivity contribution < 1.29 is 13.9 Å². The van der Waals surface area contributed by atoms with Crippen molar-refractivity contribution in [3.8, 4) is 0 Å². The van der Waals surface area contributed by atoms with E-state index in [4.69, 9.17) is 0 Å². The first-order valence-electron chi connectivity index (χ1n) is 5.88. The Labute approximate surface area is 118 Å². The molecular formula is C13H13BrF2N2O. The van der Waals surface area contributed by atoms with Crippen molar-refractivity contribution in [1.29, 1.82) is 0 Å². The molecule has 3 nitrogen and oxygen atoms in total. The zero-order valence-electron chi connectivity index (χ0n) is 10.3. The Hall–Kier alpha value is -1.27. The molecule has 1 N–H and O–H groups in total. The summed E-state index contributed by atoms with van der Waals surface area (Å²) >= 11 is 3.00. The van der Waals surface area contributed by atoms with Crippen LogP contribution < -0.4 is 0 Å². The Morgan fingerprint density at radius 1 is 1.37 bits per heavy atom. The average Bonchev–Trinajstić information content (AvgIpc) is 2.76. The zero-order chi connectivity index (χ0) is 14.0. The molecule has 0 aliphatic rings. The lowest BCUT2D eigenvalue weighted by Crippen LogP contribution is -2.12. The summed E-state index contributed by atoms with van der Waals surface area (Å²) in [6.07, 6.45) is 2.59. The van der Waals surface area contributed by atoms with Gasteiger partial charge in [-0.15, -0.1) is 0 Å². The van der Waals surface area contributed by atoms with Crippen LogP contribution >= 0.6 is 15.9 Å². The maximum atomic E-state index is 13.8. The summed E-state index contributed by atoms with van der Waals surface area (Å²) in [7, 11) is 0. The van der Waals surface area contributed by atoms with E-state index in [-0.39, 0.29) is 15.9 Å². The molecule has 6 heteroatoms. The van der Waals surface area contributed by atoms with Gasteiger partial charge in [0.2, 0.25) is 0 Å². The molecule has 2 aromatic rings. The second-order valence-corrected chi connectivity index (χ2v) is 5.08. The van der Waals surface area contributed by atoms with Crippen LogP contribution in [0.15, 0.2) is 29.0 Å². The second kappa shape index (κ2) is 5.79. The van der Waals surface area contributed by atoms with Crippen LogP contribution in [0.1, 0.15) is 30.8 Å². The fourth-order valence-corrected chi connectivity index (χ4v) is 2.34. The normalized spacial score (nSPS) is 12.7. The highest BCUT2D eigenvalue weighted by atomic mass is 79.9. The van der Waals surface area contributed by atoms with Gasteiger partial charge in [0.25, 0.3) is 0 Å². The fourth-order valence-electron chi connectivity index (χ4n) is 1.94. The number of halogens is 3. The molecule has 1 atom stereocenters. The van der Waals surface area contributed by atoms with Crippen molar-refractivity contribution >= 4 is 15.9 Å². The van der Waals surface area contributed by atoms with Gasteiger partial charge in [0.05, 0.1) is 5.56 Å². The fraction of sp³-hybridized carbons (Fsp3) is 0.308. The first-order valence-corrected chi connectivity index (χ1v) is 6.67. The standard InChI is InChI=1S/C13H13BrF2N2O/c1-2-4-18-5-3-17-13(18)12(19)11-9(15)6-8(14)7-10(11)16/h3,5-7,12,19H,2,4H2,1H3. The molecule has 0 amide bonds. The molecule has 0 saturated carbocycles. The number of imidazole rings is 1. The lowest BCUT2D eigenvalue weighted by Gasteiger charge is -2.15. The smallest absolute Gasteiger partial charge is 0.142 e. The van der Waals surface area contributed by atoms with Crippen molar-refractivity contribution in [3.05, 3.63) is 52.0 Å². The summed E-state index contributed by atoms with van der Waals surface area (Å²) in [6.45, 7) is 2.60. The molecule has 1 heterocycles. The van der Waals surface area contributed by atoms with E-state index in [2.05, 4.69) is 20.9 Å². The quantitative estimate of drug-likeness (QED) is 0.932. The number of aromatic nitrogens is 2. The number of aryl methyl sites for hydroxylation is 1. The molecule has 1 aromatic carbocycles. The third-order valence-electron chi connectivity index (χ3n) is 2.77. The molecule has 0 aliphatic heterocycles. The first kappa shape index (κ1) is 14.1. The van der Waals surface area contributed by atoms with Crippen LogP contribution in [0.25, 0.3) is 0 Å². The van der Waals surface area contributed by atoms with E-state index in [9.17, 15) is 13.9 Å². The first-order chi connectivity index (χ1) is 9.04. The number of nitrogens with zero attached hydrogens (tertiary/aromatic N) is 2. The molecule has 19 heavy (non-hydrogen) atoms. The van der Waals surface area contributed by atoms with Gasteiger partial charge in [0.1, 0.15) is 23.6 Å². The van der Waals surface area contributed by atoms with Crippen LogP contribution in [-0.2, 0) is 6.54 Å². The van der Waals surface area contributed by atoms with Gasteiger partial charge in [-0.2, -0.15) is 0 Å². The van der Waals surface area contributed by atoms with E-state index in [0.29, 0.717) is 6.54 Å². The van der Waals surface area contributed by atoms with Crippen molar-refractivity contribution in [2.24, 2.45) is 0 Å². The average molecular weight is 331 g/mol. The van der Waals surface area contributed by atoms with Crippen LogP contribution in [0.3, 0.4) is 0 Å². The predicted octanol–water partition coefficient (Wildman–Crippen LogP) is 3.42. The molecular weight excluding hydrogens is 318 g/mol. The van der Waals surface area contributed by atoms with Gasteiger partial charge in [-0.3, -0.25) is 0 Å². The third kappa shape index (κ3) is 2.84. The Morgan fingerprint density at radius 2 is 2.00 bits per heavy atom. The Kier molecular flexibility index (Phi) is 4.31. The van der Waals surface area contributed by atoms with Gasteiger partial charge in [-0.1, -0.05) is 22.9 Å². The van der Waals surface area contributed by atoms with Gasteiger partial charge < -0.3 is 9.67 Å². The SMILES string of the molecule is CCCn1ccnc1C(O)c1c(F)cc(Br)cc1F. The second-order valence-electron chi connectivity index (χ2n) is 4.16. The molecule has 0 saturated heterocycles. The van der Waals surface area contributed by atoms with E-state index in [1.807, 2.05) is 6.92 Å². The molecule has 0 fully saturated rings. The number of hydrogen-bond acceptors (Lipinski definition) is 2. The molecule has 0 aliphatic carbocycles. The van der Waals surface area contributed by atoms with Crippen molar-refractivity contribution in [2.45, 2.75) is 26.0 Å². The highest BCUT2D eigenvalue weighted by molar-refractivity contribution is 9.10. The lowest BCUT2D eigenvalue weighted by atomic mass is 10.1. The van der Waals surface area contributed by atoms with Crippen LogP contribution in [0, 0.1) is 11.6 Å². The third-order valence-corrected chi connectivity index (χ3v) is 3.23. The van der Waals surface area contributed by atoms with Crippen LogP contribution in [0.2, 0.25) is 0 Å². The molecule has 102 valence electrons. The predicted molar refractivity (Wildman–Crippen MR) is 70.6 cm³/mol. The zero-order valence-corrected chi connectivity index (χ0v) is 11.9. The van der Waals surface area contributed by atoms with E-state index in [1.165, 1.54) is 6.20 Å². The summed E-state index contributed by atoms with van der Waals surface area (Å²) in [5.41, 5.74) is -0.383. The number of benzene rings is 1. The van der Waals surface area contributed by atoms with Crippen molar-refractivity contribution in [3.63, 3.8) is 0 Å². The van der Waals surface area contributed by atoms with Gasteiger partial charge >= 0.3 is 0 Å². The summed E-state index contributed by atoms with van der Waals surface area (Å²) in [6, 6.07) is 2.24. The van der Waals surface area contributed by atoms with Crippen LogP contribution in [0.4, 0.5) is 8.78 Å². The van der Waals surface area contributed by atoms with E-state index >= 15 is 0 Å². The monoisotopic (exact) mass is 330 g/mol. The number of aliphatic hydroxyl groups is 1. The molecule has 1 unspecified atom stereocenters. The van der Waals surface area contributed by atoms with Crippen LogP contribution in [0.5, 0.6) is 0 Å². The summed E-state index contributed by atoms with van der Waals surface area (Å²) < 4.78 is 29.6. The maximum Gasteiger partial charge on any atom is 0.142 e. The Morgan fingerprint density at radius 3 is 2.58 bits per heavy atom. The minimum atomic E-state index is -1.42. The largest absolute Gasteiger partial charge is 0.380 e. The number of hydrogen-bond donors (Lipinski definition) is 1. The number of rotatable bonds is 4. The minimum absolute atomic E-state index is 0.238. The highest BCUT2D eigenvalue weighted by Gasteiger charge is 2.23. The summed E-state index contributed by atoms with van der Waals surface area (Å²) in [4.78, 5) is 3.98. The maximum absolute atomic E-state index is 13.8. The molecule has 1 aromatic heterocycles. The van der Waals surface area contributed by atoms with Gasteiger partial charge in [-0.25, -0.2) is 13.8 Å². The summed E-state index contributed by atoms with van der Waals surface area (Å²) in [5, 5.41) is 10.2. The van der Waals surface area contributed by atoms with Gasteiger partial charge in [-0.05, 0) is 18.6 Å². The van der Waals surface area contributed by atoms with Crippen molar-refractivity contribution in [2.75, 3.05) is 0 Å². The van der Waals surface area contributed by atoms with Gasteiger partial charge in [0, 0.05) is 23.4 Å². The topological polar surface area (TPSA) is 38.0 Å². The Bertz CT molecular complexity index is 563. The lowest BCUT2D eigenvalue weighted by molar-refractivity contribution is 0.193. The van der Waals surface area contributed by atoms with Gasteiger partial charge in [0.15, 0.2) is 0 Å². The van der Waals surface area contributed by atoms with Crippen LogP contribution in [-0.4, -0.2) is 14.7 Å². The molecule has 2 rings (SSSR count). The van der Waals surface area contributed by atoms with E-state index < -0.39 is 17.7 Å². The van der Waals surface area contributed by atoms with Crippen molar-refractivity contribution in [1.82, 2.24) is 9.55 Å². The van der Waals surface area contributed by atoms with E-state index in [0.717, 1.165) is 18.6 Å². The molecule has 0 radical (unpaired) electrons. The number of aliphatic hydroxyl groups excluding tert-OH is 1. The summed E-state index contributed by atoms with van der Waals surface area (Å²) in [5.74, 6) is -1.36. The molecule has 0 bridgehead atoms. The molecule has 0 spiro atoms. The minimum Gasteiger partial charge on any atom is -0.380 e.